The number of aryl methyl sites for hydroxylation is 1. The van der Waals surface area contributed by atoms with Crippen LogP contribution >= 0.6 is 0 Å². The van der Waals surface area contributed by atoms with Gasteiger partial charge in [-0.3, -0.25) is 4.90 Å². The second kappa shape index (κ2) is 6.03. The van der Waals surface area contributed by atoms with Crippen LogP contribution in [0.15, 0.2) is 10.5 Å². The van der Waals surface area contributed by atoms with Crippen LogP contribution in [0.2, 0.25) is 0 Å². The molecule has 0 aromatic carbocycles. The van der Waals surface area contributed by atoms with Gasteiger partial charge in [0.25, 0.3) is 0 Å². The Hall–Kier alpha value is -0.840. The Morgan fingerprint density at radius 1 is 1.25 bits per heavy atom. The zero-order chi connectivity index (χ0) is 12.1. The molecule has 0 bridgehead atoms. The van der Waals surface area contributed by atoms with Gasteiger partial charge in [-0.1, -0.05) is 0 Å². The van der Waals surface area contributed by atoms with Gasteiger partial charge < -0.3 is 15.1 Å². The molecule has 1 aromatic heterocycles. The van der Waals surface area contributed by atoms with Crippen LogP contribution in [0.4, 0.5) is 0 Å². The molecule has 2 N–H and O–H groups in total. The molecule has 0 spiro atoms. The van der Waals surface area contributed by atoms with Gasteiger partial charge in [0.15, 0.2) is 0 Å². The number of rotatable bonds is 6. The highest BCUT2D eigenvalue weighted by molar-refractivity contribution is 5.19. The Balaban J connectivity index is 2.46. The summed E-state index contributed by atoms with van der Waals surface area (Å²) in [6, 6.07) is 2.08. The molecule has 0 fully saturated rings. The summed E-state index contributed by atoms with van der Waals surface area (Å²) in [5.74, 6) is 1.90. The van der Waals surface area contributed by atoms with Gasteiger partial charge in [-0.15, -0.1) is 0 Å². The van der Waals surface area contributed by atoms with Gasteiger partial charge in [-0.05, 0) is 39.7 Å². The van der Waals surface area contributed by atoms with Crippen LogP contribution < -0.4 is 5.73 Å². The zero-order valence-electron chi connectivity index (χ0n) is 10.8. The monoisotopic (exact) mass is 225 g/mol. The molecule has 92 valence electrons. The van der Waals surface area contributed by atoms with Crippen LogP contribution in [0.1, 0.15) is 17.1 Å². The molecule has 0 aliphatic carbocycles. The molecule has 0 aliphatic rings. The average molecular weight is 225 g/mol. The standard InChI is InChI=1S/C12H23N3O/c1-10-7-11(16-12(10)8-13)9-15(4)6-5-14(2)3/h7H,5-6,8-9,13H2,1-4H3. The van der Waals surface area contributed by atoms with Gasteiger partial charge in [-0.25, -0.2) is 0 Å². The maximum absolute atomic E-state index is 5.66. The lowest BCUT2D eigenvalue weighted by Crippen LogP contribution is -2.28. The van der Waals surface area contributed by atoms with Gasteiger partial charge in [0.1, 0.15) is 11.5 Å². The third-order valence-corrected chi connectivity index (χ3v) is 2.61. The third-order valence-electron chi connectivity index (χ3n) is 2.61. The molecule has 0 aliphatic heterocycles. The Bertz CT molecular complexity index is 320. The summed E-state index contributed by atoms with van der Waals surface area (Å²) in [6.45, 7) is 5.45. The van der Waals surface area contributed by atoms with Crippen molar-refractivity contribution in [3.8, 4) is 0 Å². The SMILES string of the molecule is Cc1cc(CN(C)CCN(C)C)oc1CN. The molecule has 4 heteroatoms. The number of nitrogens with zero attached hydrogens (tertiary/aromatic N) is 2. The Labute approximate surface area is 98.0 Å². The molecule has 1 heterocycles. The predicted octanol–water partition coefficient (Wildman–Crippen LogP) is 1.04. The largest absolute Gasteiger partial charge is 0.463 e. The van der Waals surface area contributed by atoms with E-state index in [4.69, 9.17) is 10.2 Å². The first-order chi connectivity index (χ1) is 7.52. The topological polar surface area (TPSA) is 45.6 Å². The molecule has 0 saturated carbocycles. The second-order valence-corrected chi connectivity index (χ2v) is 4.56. The number of likely N-dealkylation sites (N-methyl/N-ethyl adjacent to an activating group) is 2. The molecule has 0 radical (unpaired) electrons. The van der Waals surface area contributed by atoms with Crippen molar-refractivity contribution in [1.82, 2.24) is 9.80 Å². The highest BCUT2D eigenvalue weighted by Crippen LogP contribution is 2.15. The van der Waals surface area contributed by atoms with Gasteiger partial charge in [0.2, 0.25) is 0 Å². The normalized spacial score (nSPS) is 11.7. The fraction of sp³-hybridized carbons (Fsp3) is 0.667. The van der Waals surface area contributed by atoms with Crippen LogP contribution in [-0.2, 0) is 13.1 Å². The molecule has 0 amide bonds. The highest BCUT2D eigenvalue weighted by atomic mass is 16.3. The summed E-state index contributed by atoms with van der Waals surface area (Å²) in [5, 5.41) is 0. The summed E-state index contributed by atoms with van der Waals surface area (Å²) < 4.78 is 5.66. The minimum Gasteiger partial charge on any atom is -0.463 e. The van der Waals surface area contributed by atoms with Crippen LogP contribution in [0.5, 0.6) is 0 Å². The molecule has 1 aromatic rings. The van der Waals surface area contributed by atoms with Crippen molar-refractivity contribution >= 4 is 0 Å². The van der Waals surface area contributed by atoms with Crippen LogP contribution in [0.3, 0.4) is 0 Å². The van der Waals surface area contributed by atoms with E-state index in [1.807, 2.05) is 6.92 Å². The molecule has 1 rings (SSSR count). The molecule has 4 nitrogen and oxygen atoms in total. The second-order valence-electron chi connectivity index (χ2n) is 4.56. The summed E-state index contributed by atoms with van der Waals surface area (Å²) in [6.07, 6.45) is 0. The summed E-state index contributed by atoms with van der Waals surface area (Å²) in [4.78, 5) is 4.42. The van der Waals surface area contributed by atoms with E-state index in [-0.39, 0.29) is 0 Å². The van der Waals surface area contributed by atoms with Crippen LogP contribution in [-0.4, -0.2) is 44.0 Å². The van der Waals surface area contributed by atoms with Crippen molar-refractivity contribution in [2.24, 2.45) is 5.73 Å². The number of hydrogen-bond donors (Lipinski definition) is 1. The lowest BCUT2D eigenvalue weighted by molar-refractivity contribution is 0.256. The van der Waals surface area contributed by atoms with E-state index in [2.05, 4.69) is 37.0 Å². The quantitative estimate of drug-likeness (QED) is 0.786. The predicted molar refractivity (Wildman–Crippen MR) is 66.2 cm³/mol. The van der Waals surface area contributed by atoms with E-state index in [0.29, 0.717) is 6.54 Å². The van der Waals surface area contributed by atoms with E-state index in [0.717, 1.165) is 36.7 Å². The van der Waals surface area contributed by atoms with E-state index >= 15 is 0 Å². The lowest BCUT2D eigenvalue weighted by atomic mass is 10.2. The maximum Gasteiger partial charge on any atom is 0.120 e. The van der Waals surface area contributed by atoms with Gasteiger partial charge in [0, 0.05) is 13.1 Å². The summed E-state index contributed by atoms with van der Waals surface area (Å²) in [5.41, 5.74) is 6.73. The molecule has 16 heavy (non-hydrogen) atoms. The lowest BCUT2D eigenvalue weighted by Gasteiger charge is -2.17. The summed E-state index contributed by atoms with van der Waals surface area (Å²) in [7, 11) is 6.26. The minimum atomic E-state index is 0.479. The van der Waals surface area contributed by atoms with Crippen molar-refractivity contribution in [2.75, 3.05) is 34.2 Å². The number of hydrogen-bond acceptors (Lipinski definition) is 4. The molecular weight excluding hydrogens is 202 g/mol. The van der Waals surface area contributed by atoms with E-state index < -0.39 is 0 Å². The summed E-state index contributed by atoms with van der Waals surface area (Å²) >= 11 is 0. The van der Waals surface area contributed by atoms with E-state index in [1.165, 1.54) is 0 Å². The number of nitrogens with two attached hydrogens (primary N) is 1. The fourth-order valence-corrected chi connectivity index (χ4v) is 1.59. The Morgan fingerprint density at radius 3 is 2.44 bits per heavy atom. The highest BCUT2D eigenvalue weighted by Gasteiger charge is 2.08. The third kappa shape index (κ3) is 3.96. The molecule has 0 saturated heterocycles. The van der Waals surface area contributed by atoms with Crippen LogP contribution in [0.25, 0.3) is 0 Å². The fourth-order valence-electron chi connectivity index (χ4n) is 1.59. The van der Waals surface area contributed by atoms with Crippen molar-refractivity contribution in [3.05, 3.63) is 23.2 Å². The first-order valence-corrected chi connectivity index (χ1v) is 5.64. The molecular formula is C12H23N3O. The first kappa shape index (κ1) is 13.2. The van der Waals surface area contributed by atoms with E-state index in [9.17, 15) is 0 Å². The van der Waals surface area contributed by atoms with E-state index in [1.54, 1.807) is 0 Å². The average Bonchev–Trinajstić information content (AvgIpc) is 2.55. The first-order valence-electron chi connectivity index (χ1n) is 5.64. The van der Waals surface area contributed by atoms with Crippen molar-refractivity contribution in [3.63, 3.8) is 0 Å². The Kier molecular flexibility index (Phi) is 4.99. The van der Waals surface area contributed by atoms with Gasteiger partial charge >= 0.3 is 0 Å². The van der Waals surface area contributed by atoms with Crippen molar-refractivity contribution in [1.29, 1.82) is 0 Å². The van der Waals surface area contributed by atoms with Gasteiger partial charge in [0.05, 0.1) is 13.1 Å². The Morgan fingerprint density at radius 2 is 1.94 bits per heavy atom. The smallest absolute Gasteiger partial charge is 0.120 e. The zero-order valence-corrected chi connectivity index (χ0v) is 10.8. The van der Waals surface area contributed by atoms with Gasteiger partial charge in [-0.2, -0.15) is 0 Å². The van der Waals surface area contributed by atoms with Crippen LogP contribution in [0, 0.1) is 6.92 Å². The molecule has 0 unspecified atom stereocenters. The maximum atomic E-state index is 5.66. The minimum absolute atomic E-state index is 0.479. The molecule has 0 atom stereocenters. The van der Waals surface area contributed by atoms with Crippen molar-refractivity contribution in [2.45, 2.75) is 20.0 Å². The van der Waals surface area contributed by atoms with Crippen molar-refractivity contribution < 1.29 is 4.42 Å². The number of furan rings is 1.